The predicted molar refractivity (Wildman–Crippen MR) is 106 cm³/mol. The summed E-state index contributed by atoms with van der Waals surface area (Å²) < 4.78 is 13.9. The van der Waals surface area contributed by atoms with Crippen LogP contribution in [-0.2, 0) is 0 Å². The van der Waals surface area contributed by atoms with Gasteiger partial charge in [0.1, 0.15) is 5.82 Å². The second kappa shape index (κ2) is 7.00. The number of anilines is 1. The van der Waals surface area contributed by atoms with Crippen LogP contribution in [0, 0.1) is 12.7 Å². The number of nitrogens with zero attached hydrogens (tertiary/aromatic N) is 1. The molecule has 0 fully saturated rings. The number of rotatable bonds is 3. The highest BCUT2D eigenvalue weighted by Gasteiger charge is 2.15. The van der Waals surface area contributed by atoms with Crippen LogP contribution in [0.2, 0.25) is 0 Å². The second-order valence-corrected chi connectivity index (χ2v) is 6.38. The van der Waals surface area contributed by atoms with E-state index in [0.29, 0.717) is 11.3 Å². The fraction of sp³-hybridized carbons (Fsp3) is 0.0435. The van der Waals surface area contributed by atoms with Gasteiger partial charge in [0.15, 0.2) is 0 Å². The number of pyridine rings is 1. The molecule has 4 aromatic rings. The normalized spacial score (nSPS) is 10.7. The Bertz CT molecular complexity index is 1150. The molecule has 0 radical (unpaired) electrons. The molecule has 0 unspecified atom stereocenters. The zero-order valence-corrected chi connectivity index (χ0v) is 14.7. The van der Waals surface area contributed by atoms with Gasteiger partial charge in [-0.25, -0.2) is 9.37 Å². The maximum atomic E-state index is 13.9. The number of amides is 1. The Morgan fingerprint density at radius 1 is 0.926 bits per heavy atom. The summed E-state index contributed by atoms with van der Waals surface area (Å²) >= 11 is 0. The Morgan fingerprint density at radius 3 is 2.52 bits per heavy atom. The number of hydrogen-bond donors (Lipinski definition) is 1. The molecule has 1 heterocycles. The highest BCUT2D eigenvalue weighted by atomic mass is 19.1. The van der Waals surface area contributed by atoms with Crippen LogP contribution >= 0.6 is 0 Å². The van der Waals surface area contributed by atoms with Crippen molar-refractivity contribution in [2.45, 2.75) is 6.92 Å². The Kier molecular flexibility index (Phi) is 4.38. The van der Waals surface area contributed by atoms with E-state index in [-0.39, 0.29) is 11.6 Å². The first-order valence-corrected chi connectivity index (χ1v) is 8.64. The smallest absolute Gasteiger partial charge is 0.256 e. The number of carbonyl (C=O) groups excluding carboxylic acids is 1. The first kappa shape index (κ1) is 16.9. The van der Waals surface area contributed by atoms with Crippen molar-refractivity contribution < 1.29 is 9.18 Å². The average molecular weight is 356 g/mol. The third-order valence-corrected chi connectivity index (χ3v) is 4.40. The Balaban J connectivity index is 1.83. The Morgan fingerprint density at radius 2 is 1.70 bits per heavy atom. The third-order valence-electron chi connectivity index (χ3n) is 4.40. The molecule has 1 amide bonds. The van der Waals surface area contributed by atoms with E-state index in [2.05, 4.69) is 5.32 Å². The third kappa shape index (κ3) is 3.42. The van der Waals surface area contributed by atoms with Crippen molar-refractivity contribution in [1.82, 2.24) is 4.98 Å². The molecule has 0 atom stereocenters. The van der Waals surface area contributed by atoms with E-state index in [0.717, 1.165) is 22.0 Å². The summed E-state index contributed by atoms with van der Waals surface area (Å²) in [5.74, 6) is -0.837. The van der Waals surface area contributed by atoms with Crippen molar-refractivity contribution in [1.29, 1.82) is 0 Å². The lowest BCUT2D eigenvalue weighted by atomic mass is 10.0. The summed E-state index contributed by atoms with van der Waals surface area (Å²) in [5, 5.41) is 3.39. The number of aryl methyl sites for hydroxylation is 1. The maximum Gasteiger partial charge on any atom is 0.256 e. The zero-order valence-electron chi connectivity index (χ0n) is 14.7. The van der Waals surface area contributed by atoms with Gasteiger partial charge in [0, 0.05) is 10.9 Å². The van der Waals surface area contributed by atoms with E-state index < -0.39 is 5.82 Å². The number of fused-ring (bicyclic) bond motifs is 1. The molecule has 1 aromatic heterocycles. The average Bonchev–Trinajstić information content (AvgIpc) is 2.69. The van der Waals surface area contributed by atoms with Gasteiger partial charge in [0.05, 0.1) is 22.5 Å². The Labute approximate surface area is 156 Å². The molecule has 0 aliphatic heterocycles. The Hall–Kier alpha value is -3.53. The maximum absolute atomic E-state index is 13.9. The minimum Gasteiger partial charge on any atom is -0.319 e. The molecule has 0 aliphatic carbocycles. The van der Waals surface area contributed by atoms with Crippen molar-refractivity contribution in [2.24, 2.45) is 0 Å². The first-order valence-electron chi connectivity index (χ1n) is 8.64. The molecule has 0 saturated carbocycles. The van der Waals surface area contributed by atoms with Crippen LogP contribution in [-0.4, -0.2) is 10.9 Å². The highest BCUT2D eigenvalue weighted by molar-refractivity contribution is 6.13. The summed E-state index contributed by atoms with van der Waals surface area (Å²) in [4.78, 5) is 17.6. The molecule has 27 heavy (non-hydrogen) atoms. The fourth-order valence-electron chi connectivity index (χ4n) is 3.07. The van der Waals surface area contributed by atoms with E-state index in [9.17, 15) is 9.18 Å². The lowest BCUT2D eigenvalue weighted by Crippen LogP contribution is -2.14. The van der Waals surface area contributed by atoms with E-state index >= 15 is 0 Å². The lowest BCUT2D eigenvalue weighted by Gasteiger charge is -2.11. The van der Waals surface area contributed by atoms with Crippen LogP contribution in [0.1, 0.15) is 15.9 Å². The lowest BCUT2D eigenvalue weighted by molar-refractivity contribution is 0.102. The van der Waals surface area contributed by atoms with Gasteiger partial charge in [-0.3, -0.25) is 4.79 Å². The molecule has 1 N–H and O–H groups in total. The van der Waals surface area contributed by atoms with Crippen LogP contribution in [0.3, 0.4) is 0 Å². The van der Waals surface area contributed by atoms with Gasteiger partial charge in [-0.2, -0.15) is 0 Å². The SMILES string of the molecule is Cc1cccc(-c2cc(C(=O)Nc3ccccc3F)c3ccccc3n2)c1. The number of aromatic nitrogens is 1. The number of para-hydroxylation sites is 2. The molecular weight excluding hydrogens is 339 g/mol. The van der Waals surface area contributed by atoms with E-state index in [1.54, 1.807) is 18.2 Å². The molecule has 3 nitrogen and oxygen atoms in total. The van der Waals surface area contributed by atoms with Crippen LogP contribution < -0.4 is 5.32 Å². The summed E-state index contributed by atoms with van der Waals surface area (Å²) in [6.45, 7) is 2.01. The molecule has 0 saturated heterocycles. The van der Waals surface area contributed by atoms with Crippen LogP contribution in [0.25, 0.3) is 22.2 Å². The van der Waals surface area contributed by atoms with E-state index in [1.807, 2.05) is 55.5 Å². The number of nitrogens with one attached hydrogen (secondary N) is 1. The minimum atomic E-state index is -0.469. The first-order chi connectivity index (χ1) is 13.1. The van der Waals surface area contributed by atoms with Crippen molar-refractivity contribution in [2.75, 3.05) is 5.32 Å². The van der Waals surface area contributed by atoms with Crippen LogP contribution in [0.15, 0.2) is 78.9 Å². The van der Waals surface area contributed by atoms with Gasteiger partial charge < -0.3 is 5.32 Å². The summed E-state index contributed by atoms with van der Waals surface area (Å²) in [5.41, 5.74) is 4.08. The molecule has 4 rings (SSSR count). The summed E-state index contributed by atoms with van der Waals surface area (Å²) in [6.07, 6.45) is 0. The van der Waals surface area contributed by atoms with Gasteiger partial charge in [-0.15, -0.1) is 0 Å². The number of benzene rings is 3. The molecule has 0 bridgehead atoms. The number of halogens is 1. The fourth-order valence-corrected chi connectivity index (χ4v) is 3.07. The number of carbonyl (C=O) groups is 1. The molecular formula is C23H17FN2O. The van der Waals surface area contributed by atoms with Gasteiger partial charge in [0.2, 0.25) is 0 Å². The van der Waals surface area contributed by atoms with Crippen molar-refractivity contribution >= 4 is 22.5 Å². The molecule has 0 aliphatic rings. The van der Waals surface area contributed by atoms with Gasteiger partial charge in [-0.1, -0.05) is 54.1 Å². The van der Waals surface area contributed by atoms with Crippen molar-refractivity contribution in [3.8, 4) is 11.3 Å². The van der Waals surface area contributed by atoms with Crippen LogP contribution in [0.5, 0.6) is 0 Å². The standard InChI is InChI=1S/C23H17FN2O/c1-15-7-6-8-16(13-15)22-14-18(17-9-2-4-11-20(17)25-22)23(27)26-21-12-5-3-10-19(21)24/h2-14H,1H3,(H,26,27). The van der Waals surface area contributed by atoms with Crippen molar-refractivity contribution in [3.05, 3.63) is 95.8 Å². The van der Waals surface area contributed by atoms with Gasteiger partial charge in [-0.05, 0) is 37.3 Å². The van der Waals surface area contributed by atoms with E-state index in [1.165, 1.54) is 12.1 Å². The molecule has 0 spiro atoms. The van der Waals surface area contributed by atoms with E-state index in [4.69, 9.17) is 4.98 Å². The molecule has 4 heteroatoms. The molecule has 3 aromatic carbocycles. The second-order valence-electron chi connectivity index (χ2n) is 6.38. The highest BCUT2D eigenvalue weighted by Crippen LogP contribution is 2.26. The minimum absolute atomic E-state index is 0.153. The summed E-state index contributed by atoms with van der Waals surface area (Å²) in [6, 6.07) is 23.3. The van der Waals surface area contributed by atoms with Crippen molar-refractivity contribution in [3.63, 3.8) is 0 Å². The quantitative estimate of drug-likeness (QED) is 0.519. The largest absolute Gasteiger partial charge is 0.319 e. The van der Waals surface area contributed by atoms with Gasteiger partial charge in [0.25, 0.3) is 5.91 Å². The predicted octanol–water partition coefficient (Wildman–Crippen LogP) is 5.60. The molecule has 132 valence electrons. The van der Waals surface area contributed by atoms with Gasteiger partial charge >= 0.3 is 0 Å². The zero-order chi connectivity index (χ0) is 18.8. The number of hydrogen-bond acceptors (Lipinski definition) is 2. The summed E-state index contributed by atoms with van der Waals surface area (Å²) in [7, 11) is 0. The van der Waals surface area contributed by atoms with Crippen LogP contribution in [0.4, 0.5) is 10.1 Å². The monoisotopic (exact) mass is 356 g/mol. The topological polar surface area (TPSA) is 42.0 Å².